The average molecular weight is 356 g/mol. The van der Waals surface area contributed by atoms with E-state index in [0.717, 1.165) is 43.4 Å². The zero-order valence-electron chi connectivity index (χ0n) is 14.6. The maximum absolute atomic E-state index is 11.2. The summed E-state index contributed by atoms with van der Waals surface area (Å²) in [5.41, 5.74) is 1.09. The number of unbranched alkanes of at least 4 members (excludes halogenated alkanes) is 1. The van der Waals surface area contributed by atoms with E-state index in [2.05, 4.69) is 11.7 Å². The van der Waals surface area contributed by atoms with E-state index >= 15 is 0 Å². The van der Waals surface area contributed by atoms with E-state index in [-0.39, 0.29) is 0 Å². The molecule has 0 rings (SSSR count). The van der Waals surface area contributed by atoms with Gasteiger partial charge in [0.2, 0.25) is 0 Å². The molecule has 0 fully saturated rings. The number of rotatable bonds is 9. The van der Waals surface area contributed by atoms with Gasteiger partial charge in [-0.15, -0.1) is 0 Å². The molecule has 0 aromatic heterocycles. The van der Waals surface area contributed by atoms with E-state index in [1.54, 1.807) is 0 Å². The van der Waals surface area contributed by atoms with Crippen molar-refractivity contribution in [1.82, 2.24) is 0 Å². The van der Waals surface area contributed by atoms with E-state index in [9.17, 15) is 19.2 Å². The Balaban J connectivity index is 0. The summed E-state index contributed by atoms with van der Waals surface area (Å²) in [6.07, 6.45) is 8.64. The minimum absolute atomic E-state index is 0.558. The van der Waals surface area contributed by atoms with Crippen LogP contribution in [0.1, 0.15) is 39.5 Å². The molecule has 0 saturated carbocycles. The number of carboxylic acid groups (broad SMARTS) is 2. The molecule has 0 spiro atoms. The quantitative estimate of drug-likeness (QED) is 0.366. The van der Waals surface area contributed by atoms with Gasteiger partial charge in [-0.2, -0.15) is 0 Å². The molecule has 0 unspecified atom stereocenters. The van der Waals surface area contributed by atoms with Gasteiger partial charge < -0.3 is 19.7 Å². The van der Waals surface area contributed by atoms with Gasteiger partial charge in [-0.25, -0.2) is 19.2 Å². The number of aliphatic carboxylic acids is 2. The van der Waals surface area contributed by atoms with Crippen LogP contribution in [0.3, 0.4) is 0 Å². The first-order chi connectivity index (χ1) is 11.8. The number of ether oxygens (including phenoxy) is 2. The van der Waals surface area contributed by atoms with Crippen molar-refractivity contribution in [2.75, 3.05) is 7.11 Å². The Morgan fingerprint density at radius 1 is 0.880 bits per heavy atom. The van der Waals surface area contributed by atoms with Crippen LogP contribution in [0.25, 0.3) is 0 Å². The molecule has 0 aromatic rings. The van der Waals surface area contributed by atoms with Crippen LogP contribution in [0.5, 0.6) is 0 Å². The zero-order valence-corrected chi connectivity index (χ0v) is 14.6. The number of hydrogen-bond donors (Lipinski definition) is 2. The van der Waals surface area contributed by atoms with E-state index in [1.807, 2.05) is 6.92 Å². The van der Waals surface area contributed by atoms with E-state index in [0.29, 0.717) is 12.2 Å². The van der Waals surface area contributed by atoms with Crippen molar-refractivity contribution in [3.8, 4) is 0 Å². The van der Waals surface area contributed by atoms with Crippen molar-refractivity contribution in [2.24, 2.45) is 0 Å². The predicted octanol–water partition coefficient (Wildman–Crippen LogP) is 2.45. The molecule has 0 aliphatic rings. The summed E-state index contributed by atoms with van der Waals surface area (Å²) in [5, 5.41) is 15.6. The largest absolute Gasteiger partial charge is 0.478 e. The summed E-state index contributed by atoms with van der Waals surface area (Å²) in [6, 6.07) is 0. The third-order valence-corrected chi connectivity index (χ3v) is 2.57. The van der Waals surface area contributed by atoms with Crippen LogP contribution in [0.2, 0.25) is 0 Å². The molecule has 0 aromatic carbocycles. The number of methoxy groups -OCH3 is 1. The lowest BCUT2D eigenvalue weighted by Gasteiger charge is -2.02. The van der Waals surface area contributed by atoms with Crippen LogP contribution in [-0.4, -0.2) is 41.2 Å². The molecule has 0 bridgehead atoms. The fourth-order valence-corrected chi connectivity index (χ4v) is 1.25. The zero-order chi connectivity index (χ0) is 19.7. The van der Waals surface area contributed by atoms with Crippen molar-refractivity contribution in [3.05, 3.63) is 36.1 Å². The number of carboxylic acids is 2. The second-order valence-electron chi connectivity index (χ2n) is 4.54. The van der Waals surface area contributed by atoms with E-state index in [4.69, 9.17) is 14.9 Å². The Morgan fingerprint density at radius 2 is 1.40 bits per heavy atom. The van der Waals surface area contributed by atoms with Crippen LogP contribution >= 0.6 is 0 Å². The maximum atomic E-state index is 11.2. The lowest BCUT2D eigenvalue weighted by atomic mass is 10.1. The highest BCUT2D eigenvalue weighted by Crippen LogP contribution is 2.11. The fraction of sp³-hybridized carbons (Fsp3) is 0.412. The third kappa shape index (κ3) is 19.1. The molecule has 140 valence electrons. The molecule has 2 N–H and O–H groups in total. The highest BCUT2D eigenvalue weighted by Gasteiger charge is 1.99. The van der Waals surface area contributed by atoms with Gasteiger partial charge in [-0.05, 0) is 24.8 Å². The normalized spacial score (nSPS) is 10.9. The fourth-order valence-electron chi connectivity index (χ4n) is 1.25. The van der Waals surface area contributed by atoms with Crippen molar-refractivity contribution >= 4 is 23.9 Å². The Morgan fingerprint density at radius 3 is 1.80 bits per heavy atom. The first-order valence-electron chi connectivity index (χ1n) is 7.55. The Labute approximate surface area is 146 Å². The molecule has 0 aliphatic carbocycles. The summed E-state index contributed by atoms with van der Waals surface area (Å²) < 4.78 is 9.24. The van der Waals surface area contributed by atoms with Crippen molar-refractivity contribution in [1.29, 1.82) is 0 Å². The van der Waals surface area contributed by atoms with Crippen molar-refractivity contribution in [3.63, 3.8) is 0 Å². The summed E-state index contributed by atoms with van der Waals surface area (Å²) in [7, 11) is 1.25. The summed E-state index contributed by atoms with van der Waals surface area (Å²) in [4.78, 5) is 41.0. The molecule has 0 amide bonds. The number of esters is 2. The van der Waals surface area contributed by atoms with Crippen LogP contribution in [-0.2, 0) is 28.7 Å². The molecule has 0 aliphatic heterocycles. The second kappa shape index (κ2) is 16.0. The van der Waals surface area contributed by atoms with E-state index < -0.39 is 23.9 Å². The lowest BCUT2D eigenvalue weighted by Crippen LogP contribution is -1.99. The van der Waals surface area contributed by atoms with E-state index in [1.165, 1.54) is 13.4 Å². The first-order valence-corrected chi connectivity index (χ1v) is 7.55. The van der Waals surface area contributed by atoms with Crippen molar-refractivity contribution in [2.45, 2.75) is 39.5 Å². The number of carbonyl (C=O) groups is 4. The van der Waals surface area contributed by atoms with Crippen LogP contribution in [0.4, 0.5) is 0 Å². The van der Waals surface area contributed by atoms with Gasteiger partial charge in [-0.1, -0.05) is 20.3 Å². The van der Waals surface area contributed by atoms with Crippen molar-refractivity contribution < 1.29 is 38.9 Å². The molecular weight excluding hydrogens is 332 g/mol. The summed E-state index contributed by atoms with van der Waals surface area (Å²) in [5.74, 6) is -3.66. The molecule has 8 heteroatoms. The Hall–Kier alpha value is -2.90. The van der Waals surface area contributed by atoms with Gasteiger partial charge in [0.25, 0.3) is 0 Å². The smallest absolute Gasteiger partial charge is 0.335 e. The molecule has 25 heavy (non-hydrogen) atoms. The van der Waals surface area contributed by atoms with Crippen LogP contribution in [0.15, 0.2) is 36.1 Å². The first kappa shape index (κ1) is 24.4. The third-order valence-electron chi connectivity index (χ3n) is 2.57. The summed E-state index contributed by atoms with van der Waals surface area (Å²) >= 11 is 0. The second-order valence-corrected chi connectivity index (χ2v) is 4.54. The minimum Gasteiger partial charge on any atom is -0.478 e. The molecule has 0 radical (unpaired) electrons. The lowest BCUT2D eigenvalue weighted by molar-refractivity contribution is -0.136. The predicted molar refractivity (Wildman–Crippen MR) is 89.6 cm³/mol. The number of carbonyl (C=O) groups excluding carboxylic acids is 2. The molecule has 0 heterocycles. The van der Waals surface area contributed by atoms with Gasteiger partial charge in [-0.3, -0.25) is 0 Å². The highest BCUT2D eigenvalue weighted by molar-refractivity contribution is 5.91. The van der Waals surface area contributed by atoms with Gasteiger partial charge in [0.15, 0.2) is 0 Å². The van der Waals surface area contributed by atoms with Gasteiger partial charge in [0.1, 0.15) is 0 Å². The monoisotopic (exact) mass is 356 g/mol. The van der Waals surface area contributed by atoms with Crippen LogP contribution < -0.4 is 0 Å². The number of allylic oxidation sites excluding steroid dienone is 1. The minimum atomic E-state index is -1.26. The Kier molecular flexibility index (Phi) is 15.6. The number of hydrogen-bond acceptors (Lipinski definition) is 6. The van der Waals surface area contributed by atoms with Gasteiger partial charge in [0.05, 0.1) is 13.4 Å². The molecular formula is C17H24O8. The molecule has 0 saturated heterocycles. The average Bonchev–Trinajstić information content (AvgIpc) is 2.58. The van der Waals surface area contributed by atoms with Gasteiger partial charge in [0, 0.05) is 24.3 Å². The summed E-state index contributed by atoms with van der Waals surface area (Å²) in [6.45, 7) is 4.12. The Bertz CT molecular complexity index is 513. The highest BCUT2D eigenvalue weighted by atomic mass is 16.5. The topological polar surface area (TPSA) is 127 Å². The molecule has 0 atom stereocenters. The SMILES string of the molecule is CCCCC(=COC(=O)/C=C\C(=O)OC)CC.O=C(O)/C=C/C(=O)O. The maximum Gasteiger partial charge on any atom is 0.335 e. The van der Waals surface area contributed by atoms with Gasteiger partial charge >= 0.3 is 23.9 Å². The molecule has 8 nitrogen and oxygen atoms in total. The van der Waals surface area contributed by atoms with Crippen LogP contribution in [0, 0.1) is 0 Å². The standard InChI is InChI=1S/C13H20O4.C4H4O4/c1-4-6-7-11(5-2)10-17-13(15)9-8-12(14)16-3;5-3(6)1-2-4(7)8/h8-10H,4-7H2,1-3H3;1-2H,(H,5,6)(H,7,8)/b9-8-,11-10?;2-1+.